The van der Waals surface area contributed by atoms with Crippen molar-refractivity contribution >= 4 is 22.6 Å². The van der Waals surface area contributed by atoms with Crippen molar-refractivity contribution in [3.05, 3.63) is 33.4 Å². The third-order valence-corrected chi connectivity index (χ3v) is 2.19. The van der Waals surface area contributed by atoms with Crippen LogP contribution in [0.3, 0.4) is 0 Å². The smallest absolute Gasteiger partial charge is 0.0130 e. The van der Waals surface area contributed by atoms with Crippen LogP contribution in [0.1, 0.15) is 12.0 Å². The third kappa shape index (κ3) is 2.94. The summed E-state index contributed by atoms with van der Waals surface area (Å²) in [5.74, 6) is 2.63. The van der Waals surface area contributed by atoms with Gasteiger partial charge in [0.25, 0.3) is 0 Å². The fourth-order valence-corrected chi connectivity index (χ4v) is 1.23. The molecule has 0 aliphatic rings. The molecule has 11 heavy (non-hydrogen) atoms. The molecule has 0 radical (unpaired) electrons. The molecule has 0 unspecified atom stereocenters. The van der Waals surface area contributed by atoms with Gasteiger partial charge >= 0.3 is 0 Å². The lowest BCUT2D eigenvalue weighted by Gasteiger charge is -1.96. The van der Waals surface area contributed by atoms with Crippen molar-refractivity contribution in [2.45, 2.75) is 12.8 Å². The molecule has 1 aromatic carbocycles. The van der Waals surface area contributed by atoms with E-state index in [1.54, 1.807) is 0 Å². The van der Waals surface area contributed by atoms with Crippen molar-refractivity contribution < 1.29 is 0 Å². The molecular formula is C10H9I. The highest BCUT2D eigenvalue weighted by atomic mass is 127. The van der Waals surface area contributed by atoms with Crippen LogP contribution in [0.4, 0.5) is 0 Å². The maximum absolute atomic E-state index is 5.15. The van der Waals surface area contributed by atoms with Crippen LogP contribution in [0, 0.1) is 15.9 Å². The molecular weight excluding hydrogens is 247 g/mol. The highest BCUT2D eigenvalue weighted by Crippen LogP contribution is 2.07. The minimum Gasteiger partial charge on any atom is -0.120 e. The molecule has 0 aromatic heterocycles. The molecule has 0 heterocycles. The average molecular weight is 256 g/mol. The Hall–Kier alpha value is -0.490. The molecule has 0 nitrogen and oxygen atoms in total. The van der Waals surface area contributed by atoms with Crippen LogP contribution in [-0.4, -0.2) is 0 Å². The average Bonchev–Trinajstić information content (AvgIpc) is 2.04. The van der Waals surface area contributed by atoms with E-state index in [9.17, 15) is 0 Å². The molecule has 0 saturated heterocycles. The molecule has 1 rings (SSSR count). The van der Waals surface area contributed by atoms with E-state index >= 15 is 0 Å². The van der Waals surface area contributed by atoms with Gasteiger partial charge in [-0.05, 0) is 46.7 Å². The number of rotatable bonds is 2. The standard InChI is InChI=1S/C10H9I/c1-2-3-4-9-5-7-10(11)8-6-9/h1,5-8H,3-4H2. The first-order valence-electron chi connectivity index (χ1n) is 3.51. The normalized spacial score (nSPS) is 9.09. The van der Waals surface area contributed by atoms with Gasteiger partial charge in [-0.15, -0.1) is 12.3 Å². The van der Waals surface area contributed by atoms with Gasteiger partial charge < -0.3 is 0 Å². The summed E-state index contributed by atoms with van der Waals surface area (Å²) in [7, 11) is 0. The van der Waals surface area contributed by atoms with Crippen molar-refractivity contribution in [1.29, 1.82) is 0 Å². The lowest BCUT2D eigenvalue weighted by molar-refractivity contribution is 1.03. The van der Waals surface area contributed by atoms with E-state index in [0.717, 1.165) is 12.8 Å². The molecule has 0 aliphatic heterocycles. The van der Waals surface area contributed by atoms with Gasteiger partial charge in [0.15, 0.2) is 0 Å². The Labute approximate surface area is 81.2 Å². The lowest BCUT2D eigenvalue weighted by atomic mass is 10.1. The van der Waals surface area contributed by atoms with E-state index in [4.69, 9.17) is 6.42 Å². The number of terminal acetylenes is 1. The second-order valence-corrected chi connectivity index (χ2v) is 3.58. The third-order valence-electron chi connectivity index (χ3n) is 1.47. The van der Waals surface area contributed by atoms with Gasteiger partial charge in [0, 0.05) is 9.99 Å². The molecule has 0 amide bonds. The van der Waals surface area contributed by atoms with Gasteiger partial charge in [-0.1, -0.05) is 12.1 Å². The first-order valence-corrected chi connectivity index (χ1v) is 4.58. The largest absolute Gasteiger partial charge is 0.120 e. The van der Waals surface area contributed by atoms with Crippen LogP contribution in [-0.2, 0) is 6.42 Å². The summed E-state index contributed by atoms with van der Waals surface area (Å²) in [4.78, 5) is 0. The lowest BCUT2D eigenvalue weighted by Crippen LogP contribution is -1.82. The predicted molar refractivity (Wildman–Crippen MR) is 56.3 cm³/mol. The summed E-state index contributed by atoms with van der Waals surface area (Å²) in [5, 5.41) is 0. The summed E-state index contributed by atoms with van der Waals surface area (Å²) in [6.07, 6.45) is 6.98. The van der Waals surface area contributed by atoms with Crippen LogP contribution in [0.15, 0.2) is 24.3 Å². The second kappa shape index (κ2) is 4.40. The van der Waals surface area contributed by atoms with Crippen LogP contribution in [0.5, 0.6) is 0 Å². The van der Waals surface area contributed by atoms with E-state index in [0.29, 0.717) is 0 Å². The topological polar surface area (TPSA) is 0 Å². The molecule has 0 spiro atoms. The quantitative estimate of drug-likeness (QED) is 0.563. The molecule has 0 saturated carbocycles. The Balaban J connectivity index is 2.60. The molecule has 0 N–H and O–H groups in total. The molecule has 0 atom stereocenters. The molecule has 0 fully saturated rings. The van der Waals surface area contributed by atoms with Gasteiger partial charge in [-0.2, -0.15) is 0 Å². The fourth-order valence-electron chi connectivity index (χ4n) is 0.868. The van der Waals surface area contributed by atoms with Crippen molar-refractivity contribution in [2.24, 2.45) is 0 Å². The minimum atomic E-state index is 0.834. The highest BCUT2D eigenvalue weighted by molar-refractivity contribution is 14.1. The van der Waals surface area contributed by atoms with Crippen LogP contribution in [0.25, 0.3) is 0 Å². The maximum atomic E-state index is 5.15. The van der Waals surface area contributed by atoms with E-state index in [-0.39, 0.29) is 0 Å². The van der Waals surface area contributed by atoms with Gasteiger partial charge in [0.05, 0.1) is 0 Å². The molecule has 0 bridgehead atoms. The Morgan fingerprint density at radius 1 is 1.27 bits per heavy atom. The predicted octanol–water partition coefficient (Wildman–Crippen LogP) is 2.86. The van der Waals surface area contributed by atoms with Gasteiger partial charge in [-0.25, -0.2) is 0 Å². The van der Waals surface area contributed by atoms with Crippen LogP contribution < -0.4 is 0 Å². The number of benzene rings is 1. The SMILES string of the molecule is C#CCCc1ccc(I)cc1. The van der Waals surface area contributed by atoms with Crippen molar-refractivity contribution in [1.82, 2.24) is 0 Å². The molecule has 56 valence electrons. The first kappa shape index (κ1) is 8.61. The fraction of sp³-hybridized carbons (Fsp3) is 0.200. The summed E-state index contributed by atoms with van der Waals surface area (Å²) in [5.41, 5.74) is 1.32. The zero-order valence-corrected chi connectivity index (χ0v) is 8.34. The van der Waals surface area contributed by atoms with E-state index in [1.165, 1.54) is 9.13 Å². The van der Waals surface area contributed by atoms with Crippen LogP contribution in [0.2, 0.25) is 0 Å². The first-order chi connectivity index (χ1) is 5.33. The number of halogens is 1. The van der Waals surface area contributed by atoms with Gasteiger partial charge in [0.1, 0.15) is 0 Å². The number of aryl methyl sites for hydroxylation is 1. The van der Waals surface area contributed by atoms with Gasteiger partial charge in [0.2, 0.25) is 0 Å². The Kier molecular flexibility index (Phi) is 3.44. The number of hydrogen-bond donors (Lipinski definition) is 0. The zero-order valence-electron chi connectivity index (χ0n) is 6.18. The zero-order chi connectivity index (χ0) is 8.10. The Morgan fingerprint density at radius 3 is 2.45 bits per heavy atom. The summed E-state index contributed by atoms with van der Waals surface area (Å²) >= 11 is 2.29. The Morgan fingerprint density at radius 2 is 1.91 bits per heavy atom. The maximum Gasteiger partial charge on any atom is 0.0130 e. The summed E-state index contributed by atoms with van der Waals surface area (Å²) in [6.45, 7) is 0. The van der Waals surface area contributed by atoms with Crippen molar-refractivity contribution in [3.8, 4) is 12.3 Å². The Bertz CT molecular complexity index is 253. The highest BCUT2D eigenvalue weighted by Gasteiger charge is 1.89. The molecule has 1 heteroatoms. The van der Waals surface area contributed by atoms with Crippen LogP contribution >= 0.6 is 22.6 Å². The summed E-state index contributed by atoms with van der Waals surface area (Å²) in [6, 6.07) is 8.46. The molecule has 0 aliphatic carbocycles. The van der Waals surface area contributed by atoms with Crippen molar-refractivity contribution in [2.75, 3.05) is 0 Å². The minimum absolute atomic E-state index is 0.834. The van der Waals surface area contributed by atoms with E-state index in [1.807, 2.05) is 0 Å². The number of hydrogen-bond acceptors (Lipinski definition) is 0. The van der Waals surface area contributed by atoms with Gasteiger partial charge in [-0.3, -0.25) is 0 Å². The molecule has 1 aromatic rings. The van der Waals surface area contributed by atoms with E-state index < -0.39 is 0 Å². The van der Waals surface area contributed by atoms with Crippen molar-refractivity contribution in [3.63, 3.8) is 0 Å². The van der Waals surface area contributed by atoms with E-state index in [2.05, 4.69) is 52.8 Å². The summed E-state index contributed by atoms with van der Waals surface area (Å²) < 4.78 is 1.27. The second-order valence-electron chi connectivity index (χ2n) is 2.33. The monoisotopic (exact) mass is 256 g/mol.